The third-order valence-corrected chi connectivity index (χ3v) is 4.04. The highest BCUT2D eigenvalue weighted by atomic mass is 16.5. The molecule has 0 bridgehead atoms. The van der Waals surface area contributed by atoms with E-state index in [9.17, 15) is 0 Å². The first-order valence-electron chi connectivity index (χ1n) is 7.06. The highest BCUT2D eigenvalue weighted by Crippen LogP contribution is 2.27. The maximum atomic E-state index is 5.60. The van der Waals surface area contributed by atoms with Gasteiger partial charge in [-0.1, -0.05) is 6.07 Å². The standard InChI is InChI=1S/C16H20N2O2/c1-11-13(6-8-20-11)10-18-16-15-9-14(19-2)4-3-12(15)5-7-17-16/h3-5,7,9,11,13H,6,8,10H2,1-2H3,(H,17,18). The lowest BCUT2D eigenvalue weighted by Gasteiger charge is -2.16. The van der Waals surface area contributed by atoms with Crippen molar-refractivity contribution in [2.75, 3.05) is 25.6 Å². The molecule has 0 aliphatic carbocycles. The van der Waals surface area contributed by atoms with Gasteiger partial charge in [-0.2, -0.15) is 0 Å². The van der Waals surface area contributed by atoms with Crippen LogP contribution in [0, 0.1) is 5.92 Å². The molecule has 2 atom stereocenters. The molecular formula is C16H20N2O2. The van der Waals surface area contributed by atoms with Gasteiger partial charge >= 0.3 is 0 Å². The molecule has 1 aliphatic heterocycles. The SMILES string of the molecule is COc1ccc2ccnc(NCC3CCOC3C)c2c1. The Balaban J connectivity index is 1.83. The third-order valence-electron chi connectivity index (χ3n) is 4.04. The summed E-state index contributed by atoms with van der Waals surface area (Å²) >= 11 is 0. The van der Waals surface area contributed by atoms with E-state index < -0.39 is 0 Å². The molecule has 1 N–H and O–H groups in total. The minimum absolute atomic E-state index is 0.326. The highest BCUT2D eigenvalue weighted by Gasteiger charge is 2.23. The van der Waals surface area contributed by atoms with Crippen LogP contribution in [-0.2, 0) is 4.74 Å². The number of anilines is 1. The van der Waals surface area contributed by atoms with Crippen molar-refractivity contribution >= 4 is 16.6 Å². The van der Waals surface area contributed by atoms with Crippen LogP contribution < -0.4 is 10.1 Å². The van der Waals surface area contributed by atoms with Crippen LogP contribution in [0.15, 0.2) is 30.5 Å². The molecule has 2 aromatic rings. The van der Waals surface area contributed by atoms with Gasteiger partial charge in [0.05, 0.1) is 13.2 Å². The molecule has 4 nitrogen and oxygen atoms in total. The maximum absolute atomic E-state index is 5.60. The minimum atomic E-state index is 0.326. The second kappa shape index (κ2) is 5.67. The first-order chi connectivity index (χ1) is 9.78. The van der Waals surface area contributed by atoms with Crippen LogP contribution in [0.3, 0.4) is 0 Å². The molecular weight excluding hydrogens is 252 g/mol. The molecule has 2 heterocycles. The predicted molar refractivity (Wildman–Crippen MR) is 80.3 cm³/mol. The molecule has 1 aromatic heterocycles. The lowest BCUT2D eigenvalue weighted by atomic mass is 10.0. The molecule has 0 amide bonds. The Kier molecular flexibility index (Phi) is 3.74. The third kappa shape index (κ3) is 2.56. The van der Waals surface area contributed by atoms with E-state index in [-0.39, 0.29) is 0 Å². The van der Waals surface area contributed by atoms with Crippen LogP contribution in [0.25, 0.3) is 10.8 Å². The van der Waals surface area contributed by atoms with Gasteiger partial charge in [0.1, 0.15) is 11.6 Å². The van der Waals surface area contributed by atoms with Crippen molar-refractivity contribution in [3.63, 3.8) is 0 Å². The molecule has 20 heavy (non-hydrogen) atoms. The van der Waals surface area contributed by atoms with Gasteiger partial charge in [0, 0.05) is 30.7 Å². The van der Waals surface area contributed by atoms with E-state index in [4.69, 9.17) is 9.47 Å². The molecule has 2 unspecified atom stereocenters. The number of nitrogens with one attached hydrogen (secondary N) is 1. The van der Waals surface area contributed by atoms with Gasteiger partial charge in [0.25, 0.3) is 0 Å². The minimum Gasteiger partial charge on any atom is -0.497 e. The summed E-state index contributed by atoms with van der Waals surface area (Å²) < 4.78 is 10.9. The van der Waals surface area contributed by atoms with Gasteiger partial charge in [-0.05, 0) is 36.9 Å². The van der Waals surface area contributed by atoms with Gasteiger partial charge in [-0.3, -0.25) is 0 Å². The van der Waals surface area contributed by atoms with Gasteiger partial charge in [0.15, 0.2) is 0 Å². The Bertz CT molecular complexity index is 600. The first-order valence-corrected chi connectivity index (χ1v) is 7.06. The molecule has 1 aromatic carbocycles. The van der Waals surface area contributed by atoms with Crippen molar-refractivity contribution in [1.82, 2.24) is 4.98 Å². The van der Waals surface area contributed by atoms with Crippen molar-refractivity contribution in [3.8, 4) is 5.75 Å². The van der Waals surface area contributed by atoms with E-state index in [0.29, 0.717) is 12.0 Å². The second-order valence-corrected chi connectivity index (χ2v) is 5.25. The Labute approximate surface area is 119 Å². The maximum Gasteiger partial charge on any atom is 0.133 e. The highest BCUT2D eigenvalue weighted by molar-refractivity contribution is 5.92. The Hall–Kier alpha value is -1.81. The Morgan fingerprint density at radius 3 is 3.05 bits per heavy atom. The first kappa shape index (κ1) is 13.2. The molecule has 0 radical (unpaired) electrons. The Morgan fingerprint density at radius 1 is 1.40 bits per heavy atom. The summed E-state index contributed by atoms with van der Waals surface area (Å²) in [6.45, 7) is 3.90. The van der Waals surface area contributed by atoms with Crippen LogP contribution in [0.5, 0.6) is 5.75 Å². The number of aromatic nitrogens is 1. The summed E-state index contributed by atoms with van der Waals surface area (Å²) in [6, 6.07) is 8.07. The molecule has 0 spiro atoms. The fourth-order valence-corrected chi connectivity index (χ4v) is 2.69. The van der Waals surface area contributed by atoms with Crippen molar-refractivity contribution in [3.05, 3.63) is 30.5 Å². The molecule has 1 aliphatic rings. The average Bonchev–Trinajstić information content (AvgIpc) is 2.89. The van der Waals surface area contributed by atoms with E-state index >= 15 is 0 Å². The van der Waals surface area contributed by atoms with Crippen molar-refractivity contribution in [1.29, 1.82) is 0 Å². The van der Waals surface area contributed by atoms with E-state index in [0.717, 1.165) is 36.5 Å². The number of ether oxygens (including phenoxy) is 2. The van der Waals surface area contributed by atoms with Crippen molar-refractivity contribution in [2.24, 2.45) is 5.92 Å². The van der Waals surface area contributed by atoms with Gasteiger partial charge < -0.3 is 14.8 Å². The molecule has 106 valence electrons. The van der Waals surface area contributed by atoms with Crippen molar-refractivity contribution in [2.45, 2.75) is 19.4 Å². The van der Waals surface area contributed by atoms with E-state index in [1.165, 1.54) is 5.39 Å². The van der Waals surface area contributed by atoms with Gasteiger partial charge in [0.2, 0.25) is 0 Å². The zero-order valence-corrected chi connectivity index (χ0v) is 11.9. The van der Waals surface area contributed by atoms with Gasteiger partial charge in [-0.15, -0.1) is 0 Å². The number of fused-ring (bicyclic) bond motifs is 1. The second-order valence-electron chi connectivity index (χ2n) is 5.25. The summed E-state index contributed by atoms with van der Waals surface area (Å²) in [6.07, 6.45) is 3.28. The largest absolute Gasteiger partial charge is 0.497 e. The molecule has 4 heteroatoms. The quantitative estimate of drug-likeness (QED) is 0.929. The fraction of sp³-hybridized carbons (Fsp3) is 0.438. The summed E-state index contributed by atoms with van der Waals surface area (Å²) in [7, 11) is 1.68. The monoisotopic (exact) mass is 272 g/mol. The average molecular weight is 272 g/mol. The fourth-order valence-electron chi connectivity index (χ4n) is 2.69. The number of hydrogen-bond acceptors (Lipinski definition) is 4. The number of rotatable bonds is 4. The van der Waals surface area contributed by atoms with Crippen LogP contribution in [0.4, 0.5) is 5.82 Å². The summed E-state index contributed by atoms with van der Waals surface area (Å²) in [5.41, 5.74) is 0. The van der Waals surface area contributed by atoms with Crippen LogP contribution >= 0.6 is 0 Å². The lowest BCUT2D eigenvalue weighted by Crippen LogP contribution is -2.21. The molecule has 0 saturated carbocycles. The number of nitrogens with zero attached hydrogens (tertiary/aromatic N) is 1. The Morgan fingerprint density at radius 2 is 2.30 bits per heavy atom. The van der Waals surface area contributed by atoms with E-state index in [2.05, 4.69) is 23.3 Å². The summed E-state index contributed by atoms with van der Waals surface area (Å²) in [4.78, 5) is 4.46. The van der Waals surface area contributed by atoms with E-state index in [1.807, 2.05) is 24.4 Å². The normalized spacial score (nSPS) is 22.1. The summed E-state index contributed by atoms with van der Waals surface area (Å²) in [5.74, 6) is 2.32. The van der Waals surface area contributed by atoms with Crippen LogP contribution in [0.1, 0.15) is 13.3 Å². The van der Waals surface area contributed by atoms with Crippen molar-refractivity contribution < 1.29 is 9.47 Å². The zero-order chi connectivity index (χ0) is 13.9. The topological polar surface area (TPSA) is 43.4 Å². The van der Waals surface area contributed by atoms with E-state index in [1.54, 1.807) is 7.11 Å². The number of pyridine rings is 1. The number of methoxy groups -OCH3 is 1. The lowest BCUT2D eigenvalue weighted by molar-refractivity contribution is 0.108. The molecule has 1 saturated heterocycles. The number of hydrogen-bond donors (Lipinski definition) is 1. The van der Waals surface area contributed by atoms with Gasteiger partial charge in [-0.25, -0.2) is 4.98 Å². The zero-order valence-electron chi connectivity index (χ0n) is 11.9. The van der Waals surface area contributed by atoms with Crippen LogP contribution in [-0.4, -0.2) is 31.3 Å². The predicted octanol–water partition coefficient (Wildman–Crippen LogP) is 3.08. The number of benzene rings is 1. The van der Waals surface area contributed by atoms with Crippen LogP contribution in [0.2, 0.25) is 0 Å². The summed E-state index contributed by atoms with van der Waals surface area (Å²) in [5, 5.41) is 5.73. The molecule has 1 fully saturated rings. The smallest absolute Gasteiger partial charge is 0.133 e. The molecule has 3 rings (SSSR count).